The molecule has 0 bridgehead atoms. The van der Waals surface area contributed by atoms with E-state index in [9.17, 15) is 9.18 Å². The number of rotatable bonds is 7. The maximum atomic E-state index is 13.5. The molecule has 3 aromatic rings. The summed E-state index contributed by atoms with van der Waals surface area (Å²) in [6.45, 7) is 0.279. The summed E-state index contributed by atoms with van der Waals surface area (Å²) in [5, 5.41) is 6.47. The molecule has 32 heavy (non-hydrogen) atoms. The fourth-order valence-electron chi connectivity index (χ4n) is 4.19. The minimum absolute atomic E-state index is 0.177. The Morgan fingerprint density at radius 3 is 2.66 bits per heavy atom. The summed E-state index contributed by atoms with van der Waals surface area (Å²) >= 11 is 0. The lowest BCUT2D eigenvalue weighted by Crippen LogP contribution is -2.29. The number of ether oxygens (including phenoxy) is 1. The second-order valence-electron chi connectivity index (χ2n) is 7.65. The monoisotopic (exact) mass is 432 g/mol. The molecule has 0 fully saturated rings. The topological polar surface area (TPSA) is 59.9 Å². The highest BCUT2D eigenvalue weighted by Gasteiger charge is 2.24. The van der Waals surface area contributed by atoms with Crippen LogP contribution in [0.2, 0.25) is 0 Å². The quantitative estimate of drug-likeness (QED) is 0.439. The van der Waals surface area contributed by atoms with Crippen molar-refractivity contribution in [1.29, 1.82) is 0 Å². The fourth-order valence-corrected chi connectivity index (χ4v) is 4.19. The van der Waals surface area contributed by atoms with Gasteiger partial charge >= 0.3 is 0 Å². The van der Waals surface area contributed by atoms with Crippen LogP contribution >= 0.6 is 0 Å². The Hall–Kier alpha value is -3.67. The van der Waals surface area contributed by atoms with Gasteiger partial charge in [0.25, 0.3) is 5.91 Å². The van der Waals surface area contributed by atoms with E-state index in [0.717, 1.165) is 29.7 Å². The second kappa shape index (κ2) is 9.64. The number of likely N-dealkylation sites (N-methyl/N-ethyl adjacent to an activating group) is 1. The van der Waals surface area contributed by atoms with E-state index in [2.05, 4.69) is 22.6 Å². The molecular weight excluding hydrogens is 407 g/mol. The number of oxime groups is 1. The highest BCUT2D eigenvalue weighted by molar-refractivity contribution is 6.45. The summed E-state index contributed by atoms with van der Waals surface area (Å²) < 4.78 is 19.5. The van der Waals surface area contributed by atoms with Crippen LogP contribution in [0, 0.1) is 5.82 Å². The smallest absolute Gasteiger partial charge is 0.273 e. The summed E-state index contributed by atoms with van der Waals surface area (Å²) in [6.07, 6.45) is 1.87. The molecule has 3 aromatic carbocycles. The molecule has 0 aliphatic heterocycles. The number of benzene rings is 3. The first-order valence-corrected chi connectivity index (χ1v) is 10.5. The largest absolute Gasteiger partial charge is 0.489 e. The number of nitrogens with zero attached hydrogens (tertiary/aromatic N) is 1. The van der Waals surface area contributed by atoms with Crippen molar-refractivity contribution in [3.63, 3.8) is 0 Å². The first-order chi connectivity index (χ1) is 15.6. The molecular formula is C26H25FN2O3. The van der Waals surface area contributed by atoms with Crippen LogP contribution in [0.5, 0.6) is 5.75 Å². The van der Waals surface area contributed by atoms with Crippen LogP contribution in [0.15, 0.2) is 71.9 Å². The molecule has 0 saturated carbocycles. The molecule has 0 radical (unpaired) electrons. The predicted octanol–water partition coefficient (Wildman–Crippen LogP) is 4.58. The summed E-state index contributed by atoms with van der Waals surface area (Å²) in [4.78, 5) is 17.1. The van der Waals surface area contributed by atoms with Crippen molar-refractivity contribution in [2.75, 3.05) is 14.2 Å². The van der Waals surface area contributed by atoms with E-state index < -0.39 is 0 Å². The molecule has 5 nitrogen and oxygen atoms in total. The van der Waals surface area contributed by atoms with Crippen molar-refractivity contribution in [2.24, 2.45) is 5.16 Å². The Bertz CT molecular complexity index is 1140. The summed E-state index contributed by atoms with van der Waals surface area (Å²) in [5.74, 6) is 0.496. The van der Waals surface area contributed by atoms with E-state index in [1.54, 1.807) is 13.1 Å². The van der Waals surface area contributed by atoms with Gasteiger partial charge in [-0.3, -0.25) is 4.79 Å². The lowest BCUT2D eigenvalue weighted by molar-refractivity contribution is -0.114. The fraction of sp³-hybridized carbons (Fsp3) is 0.231. The summed E-state index contributed by atoms with van der Waals surface area (Å²) in [5.41, 5.74) is 5.16. The van der Waals surface area contributed by atoms with Crippen LogP contribution in [0.1, 0.15) is 40.2 Å². The molecule has 1 atom stereocenters. The Balaban J connectivity index is 1.49. The molecule has 1 amide bonds. The number of carbonyl (C=O) groups excluding carboxylic acids is 1. The Morgan fingerprint density at radius 1 is 1.12 bits per heavy atom. The van der Waals surface area contributed by atoms with Crippen LogP contribution in [0.3, 0.4) is 0 Å². The van der Waals surface area contributed by atoms with Gasteiger partial charge in [0.05, 0.1) is 0 Å². The lowest BCUT2D eigenvalue weighted by atomic mass is 9.93. The van der Waals surface area contributed by atoms with Crippen LogP contribution in [0.4, 0.5) is 4.39 Å². The Morgan fingerprint density at radius 2 is 1.91 bits per heavy atom. The Kier molecular flexibility index (Phi) is 6.50. The average molecular weight is 432 g/mol. The molecule has 1 aliphatic rings. The third-order valence-corrected chi connectivity index (χ3v) is 5.76. The molecule has 0 spiro atoms. The van der Waals surface area contributed by atoms with E-state index in [1.807, 2.05) is 42.5 Å². The first kappa shape index (κ1) is 21.6. The number of halogens is 1. The van der Waals surface area contributed by atoms with E-state index in [4.69, 9.17) is 9.57 Å². The molecule has 164 valence electrons. The van der Waals surface area contributed by atoms with Gasteiger partial charge < -0.3 is 14.9 Å². The SMILES string of the molecule is CNC(=O)/C(=N\OC)c1ccccc1COc1ccc(C2CCc3cc(F)ccc32)cc1. The molecule has 1 aliphatic carbocycles. The number of hydrogen-bond donors (Lipinski definition) is 1. The van der Waals surface area contributed by atoms with E-state index in [0.29, 0.717) is 5.56 Å². The van der Waals surface area contributed by atoms with Crippen molar-refractivity contribution in [3.05, 3.63) is 100 Å². The van der Waals surface area contributed by atoms with Gasteiger partial charge in [-0.25, -0.2) is 4.39 Å². The molecule has 0 saturated heterocycles. The zero-order chi connectivity index (χ0) is 22.5. The van der Waals surface area contributed by atoms with Gasteiger partial charge in [0.1, 0.15) is 25.3 Å². The normalized spacial score (nSPS) is 15.2. The maximum absolute atomic E-state index is 13.5. The van der Waals surface area contributed by atoms with Crippen molar-refractivity contribution in [3.8, 4) is 5.75 Å². The van der Waals surface area contributed by atoms with Crippen molar-refractivity contribution in [1.82, 2.24) is 5.32 Å². The van der Waals surface area contributed by atoms with Gasteiger partial charge in [-0.05, 0) is 59.4 Å². The molecule has 0 heterocycles. The number of nitrogens with one attached hydrogen (secondary N) is 1. The van der Waals surface area contributed by atoms with E-state index in [-0.39, 0.29) is 30.0 Å². The van der Waals surface area contributed by atoms with Gasteiger partial charge in [0, 0.05) is 18.5 Å². The third kappa shape index (κ3) is 4.49. The van der Waals surface area contributed by atoms with E-state index >= 15 is 0 Å². The number of fused-ring (bicyclic) bond motifs is 1. The van der Waals surface area contributed by atoms with Gasteiger partial charge in [-0.2, -0.15) is 0 Å². The minimum atomic E-state index is -0.333. The summed E-state index contributed by atoms with van der Waals surface area (Å²) in [6, 6.07) is 20.5. The van der Waals surface area contributed by atoms with Gasteiger partial charge in [-0.15, -0.1) is 0 Å². The zero-order valence-electron chi connectivity index (χ0n) is 18.1. The first-order valence-electron chi connectivity index (χ1n) is 10.5. The van der Waals surface area contributed by atoms with Crippen molar-refractivity contribution in [2.45, 2.75) is 25.4 Å². The van der Waals surface area contributed by atoms with Crippen LogP contribution < -0.4 is 10.1 Å². The lowest BCUT2D eigenvalue weighted by Gasteiger charge is -2.14. The third-order valence-electron chi connectivity index (χ3n) is 5.76. The van der Waals surface area contributed by atoms with Crippen LogP contribution in [-0.4, -0.2) is 25.8 Å². The molecule has 1 unspecified atom stereocenters. The molecule has 0 aromatic heterocycles. The van der Waals surface area contributed by atoms with Crippen molar-refractivity contribution < 1.29 is 18.8 Å². The predicted molar refractivity (Wildman–Crippen MR) is 121 cm³/mol. The minimum Gasteiger partial charge on any atom is -0.489 e. The highest BCUT2D eigenvalue weighted by Crippen LogP contribution is 2.38. The van der Waals surface area contributed by atoms with Gasteiger partial charge in [-0.1, -0.05) is 47.6 Å². The summed E-state index contributed by atoms with van der Waals surface area (Å²) in [7, 11) is 2.95. The second-order valence-corrected chi connectivity index (χ2v) is 7.65. The van der Waals surface area contributed by atoms with Crippen molar-refractivity contribution >= 4 is 11.6 Å². The highest BCUT2D eigenvalue weighted by atomic mass is 19.1. The van der Waals surface area contributed by atoms with Crippen LogP contribution in [0.25, 0.3) is 0 Å². The van der Waals surface area contributed by atoms with Gasteiger partial charge in [0.15, 0.2) is 5.71 Å². The average Bonchev–Trinajstić information content (AvgIpc) is 3.24. The standard InChI is InChI=1S/C26H25FN2O3/c1-28-26(30)25(29-31-2)24-6-4-3-5-19(24)16-32-21-11-7-17(8-12-21)22-13-9-18-15-20(27)10-14-23(18)22/h3-8,10-12,14-15,22H,9,13,16H2,1-2H3,(H,28,30)/b29-25-. The van der Waals surface area contributed by atoms with Crippen LogP contribution in [-0.2, 0) is 22.7 Å². The maximum Gasteiger partial charge on any atom is 0.273 e. The molecule has 4 rings (SSSR count). The number of hydrogen-bond acceptors (Lipinski definition) is 4. The number of aryl methyl sites for hydroxylation is 1. The van der Waals surface area contributed by atoms with E-state index in [1.165, 1.54) is 24.3 Å². The Labute approximate surface area is 186 Å². The molecule has 1 N–H and O–H groups in total. The number of amides is 1. The van der Waals surface area contributed by atoms with Gasteiger partial charge in [0.2, 0.25) is 0 Å². The zero-order valence-corrected chi connectivity index (χ0v) is 18.1. The number of carbonyl (C=O) groups is 1. The molecule has 6 heteroatoms.